The van der Waals surface area contributed by atoms with Gasteiger partial charge in [0.2, 0.25) is 0 Å². The summed E-state index contributed by atoms with van der Waals surface area (Å²) in [4.78, 5) is 8.20. The second kappa shape index (κ2) is 3.87. The minimum Gasteiger partial charge on any atom is -0.220 e. The predicted molar refractivity (Wildman–Crippen MR) is 62.9 cm³/mol. The summed E-state index contributed by atoms with van der Waals surface area (Å²) in [5.41, 5.74) is 1.20. The van der Waals surface area contributed by atoms with Crippen LogP contribution < -0.4 is 0 Å². The Labute approximate surface area is 99.3 Å². The number of hydrogen-bond donors (Lipinski definition) is 0. The molecule has 2 rings (SSSR count). The Bertz CT molecular complexity index is 499. The molecule has 0 bridgehead atoms. The highest BCUT2D eigenvalue weighted by Crippen LogP contribution is 2.21. The van der Waals surface area contributed by atoms with E-state index in [1.807, 2.05) is 12.4 Å². The molecule has 0 saturated heterocycles. The molecule has 0 saturated carbocycles. The summed E-state index contributed by atoms with van der Waals surface area (Å²) >= 11 is 5.80. The van der Waals surface area contributed by atoms with Crippen LogP contribution in [0.25, 0.3) is 5.95 Å². The Balaban J connectivity index is 2.39. The van der Waals surface area contributed by atoms with E-state index in [0.29, 0.717) is 11.1 Å². The van der Waals surface area contributed by atoms with Gasteiger partial charge in [0.15, 0.2) is 0 Å². The summed E-state index contributed by atoms with van der Waals surface area (Å²) < 4.78 is 1.63. The van der Waals surface area contributed by atoms with Gasteiger partial charge in [-0.15, -0.1) is 0 Å². The molecule has 84 valence electrons. The Kier molecular flexibility index (Phi) is 2.68. The fraction of sp³-hybridized carbons (Fsp3) is 0.364. The first-order valence-corrected chi connectivity index (χ1v) is 5.39. The summed E-state index contributed by atoms with van der Waals surface area (Å²) in [6.45, 7) is 6.40. The molecule has 0 unspecified atom stereocenters. The first kappa shape index (κ1) is 11.1. The lowest BCUT2D eigenvalue weighted by molar-refractivity contribution is 0.590. The minimum absolute atomic E-state index is 0.0663. The van der Waals surface area contributed by atoms with E-state index >= 15 is 0 Å². The molecule has 2 aromatic heterocycles. The van der Waals surface area contributed by atoms with Crippen molar-refractivity contribution in [3.8, 4) is 5.95 Å². The molecular weight excluding hydrogens is 224 g/mol. The van der Waals surface area contributed by atoms with Crippen molar-refractivity contribution in [1.82, 2.24) is 19.7 Å². The quantitative estimate of drug-likeness (QED) is 0.715. The first-order chi connectivity index (χ1) is 7.47. The van der Waals surface area contributed by atoms with E-state index in [2.05, 4.69) is 35.8 Å². The van der Waals surface area contributed by atoms with Crippen molar-refractivity contribution < 1.29 is 0 Å². The molecule has 16 heavy (non-hydrogen) atoms. The van der Waals surface area contributed by atoms with Gasteiger partial charge in [0.05, 0.1) is 6.20 Å². The third-order valence-electron chi connectivity index (χ3n) is 2.26. The topological polar surface area (TPSA) is 43.6 Å². The zero-order valence-corrected chi connectivity index (χ0v) is 10.2. The van der Waals surface area contributed by atoms with Crippen molar-refractivity contribution in [3.63, 3.8) is 0 Å². The summed E-state index contributed by atoms with van der Waals surface area (Å²) in [7, 11) is 0. The van der Waals surface area contributed by atoms with Crippen molar-refractivity contribution in [2.45, 2.75) is 26.2 Å². The molecule has 0 radical (unpaired) electrons. The fourth-order valence-electron chi connectivity index (χ4n) is 1.26. The average Bonchev–Trinajstić information content (AvgIpc) is 2.65. The van der Waals surface area contributed by atoms with Crippen molar-refractivity contribution in [2.24, 2.45) is 0 Å². The van der Waals surface area contributed by atoms with Crippen LogP contribution >= 0.6 is 11.6 Å². The highest BCUT2D eigenvalue weighted by Gasteiger charge is 2.16. The molecule has 0 atom stereocenters. The monoisotopic (exact) mass is 236 g/mol. The van der Waals surface area contributed by atoms with Crippen LogP contribution in [0.2, 0.25) is 5.15 Å². The molecule has 0 aliphatic rings. The van der Waals surface area contributed by atoms with Gasteiger partial charge in [-0.3, -0.25) is 0 Å². The molecule has 0 aromatic carbocycles. The summed E-state index contributed by atoms with van der Waals surface area (Å²) in [6, 6.07) is 1.64. The average molecular weight is 237 g/mol. The van der Waals surface area contributed by atoms with Crippen LogP contribution in [0.1, 0.15) is 26.3 Å². The lowest BCUT2D eigenvalue weighted by Crippen LogP contribution is -2.09. The van der Waals surface area contributed by atoms with E-state index in [4.69, 9.17) is 11.6 Å². The van der Waals surface area contributed by atoms with E-state index in [1.165, 1.54) is 0 Å². The fourth-order valence-corrected chi connectivity index (χ4v) is 1.39. The van der Waals surface area contributed by atoms with E-state index in [1.54, 1.807) is 16.9 Å². The van der Waals surface area contributed by atoms with Gasteiger partial charge in [0.1, 0.15) is 5.15 Å². The van der Waals surface area contributed by atoms with Crippen molar-refractivity contribution in [1.29, 1.82) is 0 Å². The third-order valence-corrected chi connectivity index (χ3v) is 2.47. The Hall–Kier alpha value is -1.42. The van der Waals surface area contributed by atoms with Crippen LogP contribution in [-0.2, 0) is 5.41 Å². The van der Waals surface area contributed by atoms with Gasteiger partial charge in [-0.05, 0) is 17.0 Å². The van der Waals surface area contributed by atoms with Gasteiger partial charge in [-0.2, -0.15) is 10.1 Å². The lowest BCUT2D eigenvalue weighted by Gasteiger charge is -2.14. The summed E-state index contributed by atoms with van der Waals surface area (Å²) in [5, 5.41) is 4.64. The molecule has 4 nitrogen and oxygen atoms in total. The molecular formula is C11H13ClN4. The smallest absolute Gasteiger partial charge is 0.220 e. The van der Waals surface area contributed by atoms with E-state index in [9.17, 15) is 0 Å². The highest BCUT2D eigenvalue weighted by molar-refractivity contribution is 6.29. The largest absolute Gasteiger partial charge is 0.251 e. The van der Waals surface area contributed by atoms with Gasteiger partial charge >= 0.3 is 0 Å². The van der Waals surface area contributed by atoms with Crippen LogP contribution in [0.3, 0.4) is 0 Å². The van der Waals surface area contributed by atoms with Crippen LogP contribution in [0.5, 0.6) is 0 Å². The Morgan fingerprint density at radius 2 is 2.06 bits per heavy atom. The van der Waals surface area contributed by atoms with E-state index < -0.39 is 0 Å². The molecule has 0 N–H and O–H groups in total. The Morgan fingerprint density at radius 3 is 2.62 bits per heavy atom. The molecule has 0 amide bonds. The third kappa shape index (κ3) is 2.22. The zero-order chi connectivity index (χ0) is 11.8. The number of nitrogens with zero attached hydrogens (tertiary/aromatic N) is 4. The second-order valence-electron chi connectivity index (χ2n) is 4.60. The zero-order valence-electron chi connectivity index (χ0n) is 9.48. The van der Waals surface area contributed by atoms with Crippen LogP contribution in [-0.4, -0.2) is 19.7 Å². The normalized spacial score (nSPS) is 11.8. The molecule has 0 aliphatic carbocycles. The van der Waals surface area contributed by atoms with Crippen molar-refractivity contribution in [3.05, 3.63) is 35.4 Å². The first-order valence-electron chi connectivity index (χ1n) is 5.01. The van der Waals surface area contributed by atoms with Crippen molar-refractivity contribution >= 4 is 11.6 Å². The van der Waals surface area contributed by atoms with E-state index in [0.717, 1.165) is 5.56 Å². The maximum atomic E-state index is 5.80. The predicted octanol–water partition coefficient (Wildman–Crippen LogP) is 2.61. The summed E-state index contributed by atoms with van der Waals surface area (Å²) in [5.74, 6) is 0.489. The van der Waals surface area contributed by atoms with Crippen LogP contribution in [0.15, 0.2) is 24.7 Å². The molecule has 0 spiro atoms. The maximum Gasteiger partial charge on any atom is 0.251 e. The Morgan fingerprint density at radius 1 is 1.31 bits per heavy atom. The molecule has 0 aliphatic heterocycles. The van der Waals surface area contributed by atoms with Gasteiger partial charge in [0.25, 0.3) is 5.95 Å². The molecule has 5 heteroatoms. The van der Waals surface area contributed by atoms with Gasteiger partial charge in [0, 0.05) is 12.4 Å². The van der Waals surface area contributed by atoms with Gasteiger partial charge < -0.3 is 0 Å². The minimum atomic E-state index is 0.0663. The SMILES string of the molecule is CC(C)(C)c1cnn(-c2nccc(Cl)n2)c1. The van der Waals surface area contributed by atoms with Crippen LogP contribution in [0.4, 0.5) is 0 Å². The van der Waals surface area contributed by atoms with Gasteiger partial charge in [-0.1, -0.05) is 32.4 Å². The lowest BCUT2D eigenvalue weighted by atomic mass is 9.90. The summed E-state index contributed by atoms with van der Waals surface area (Å²) in [6.07, 6.45) is 5.36. The highest BCUT2D eigenvalue weighted by atomic mass is 35.5. The maximum absolute atomic E-state index is 5.80. The molecule has 2 aromatic rings. The molecule has 2 heterocycles. The number of halogens is 1. The van der Waals surface area contributed by atoms with Gasteiger partial charge in [-0.25, -0.2) is 9.67 Å². The molecule has 0 fully saturated rings. The number of rotatable bonds is 1. The standard InChI is InChI=1S/C11H13ClN4/c1-11(2,3)8-6-14-16(7-8)10-13-5-4-9(12)15-10/h4-7H,1-3H3. The van der Waals surface area contributed by atoms with E-state index in [-0.39, 0.29) is 5.41 Å². The van der Waals surface area contributed by atoms with Crippen molar-refractivity contribution in [2.75, 3.05) is 0 Å². The van der Waals surface area contributed by atoms with Crippen LogP contribution in [0, 0.1) is 0 Å². The second-order valence-corrected chi connectivity index (χ2v) is 4.99. The number of hydrogen-bond acceptors (Lipinski definition) is 3. The number of aromatic nitrogens is 4.